The number of nitrogens with zero attached hydrogens (tertiary/aromatic N) is 2. The van der Waals surface area contributed by atoms with Gasteiger partial charge < -0.3 is 0 Å². The molecule has 0 N–H and O–H groups in total. The fraction of sp³-hybridized carbons (Fsp3) is 0.750. The third kappa shape index (κ3) is 3.28. The molecule has 0 atom stereocenters. The van der Waals surface area contributed by atoms with Crippen molar-refractivity contribution in [2.45, 2.75) is 72.1 Å². The molecule has 1 aliphatic carbocycles. The van der Waals surface area contributed by atoms with E-state index in [4.69, 9.17) is 16.6 Å². The van der Waals surface area contributed by atoms with E-state index in [9.17, 15) is 0 Å². The van der Waals surface area contributed by atoms with Crippen LogP contribution in [-0.2, 0) is 0 Å². The van der Waals surface area contributed by atoms with Gasteiger partial charge in [0.1, 0.15) is 11.0 Å². The first-order valence-electron chi connectivity index (χ1n) is 7.34. The highest BCUT2D eigenvalue weighted by molar-refractivity contribution is 6.30. The summed E-state index contributed by atoms with van der Waals surface area (Å²) in [6.45, 7) is 11.0. The summed E-state index contributed by atoms with van der Waals surface area (Å²) in [7, 11) is 0. The average Bonchev–Trinajstić information content (AvgIpc) is 2.27. The topological polar surface area (TPSA) is 25.8 Å². The molecule has 1 aromatic rings. The van der Waals surface area contributed by atoms with Crippen molar-refractivity contribution in [3.05, 3.63) is 22.2 Å². The van der Waals surface area contributed by atoms with Crippen LogP contribution in [0.15, 0.2) is 0 Å². The number of hydrogen-bond donors (Lipinski definition) is 0. The Morgan fingerprint density at radius 3 is 2.21 bits per heavy atom. The molecule has 1 aliphatic rings. The lowest BCUT2D eigenvalue weighted by Crippen LogP contribution is -2.21. The van der Waals surface area contributed by atoms with Gasteiger partial charge in [-0.1, -0.05) is 39.3 Å². The molecular formula is C16H25ClN2. The van der Waals surface area contributed by atoms with Crippen molar-refractivity contribution in [2.24, 2.45) is 5.41 Å². The van der Waals surface area contributed by atoms with E-state index in [2.05, 4.69) is 39.6 Å². The first-order chi connectivity index (χ1) is 8.80. The van der Waals surface area contributed by atoms with Gasteiger partial charge in [-0.25, -0.2) is 9.97 Å². The fourth-order valence-corrected chi connectivity index (χ4v) is 3.50. The molecular weight excluding hydrogens is 256 g/mol. The molecule has 2 nitrogen and oxygen atoms in total. The summed E-state index contributed by atoms with van der Waals surface area (Å²) >= 11 is 6.35. The Morgan fingerprint density at radius 1 is 1.16 bits per heavy atom. The van der Waals surface area contributed by atoms with Crippen molar-refractivity contribution in [1.29, 1.82) is 0 Å². The molecule has 0 amide bonds. The SMILES string of the molecule is Cc1nc(C2CCC(C)(C)CC2)nc(Cl)c1C(C)C. The van der Waals surface area contributed by atoms with Gasteiger partial charge in [0, 0.05) is 17.2 Å². The minimum atomic E-state index is 0.381. The van der Waals surface area contributed by atoms with E-state index < -0.39 is 0 Å². The molecule has 19 heavy (non-hydrogen) atoms. The molecule has 1 heterocycles. The Morgan fingerprint density at radius 2 is 1.74 bits per heavy atom. The Bertz CT molecular complexity index is 433. The Balaban J connectivity index is 2.23. The Kier molecular flexibility index (Phi) is 4.20. The van der Waals surface area contributed by atoms with Crippen molar-refractivity contribution < 1.29 is 0 Å². The summed E-state index contributed by atoms with van der Waals surface area (Å²) in [5, 5.41) is 0.655. The van der Waals surface area contributed by atoms with E-state index in [1.807, 2.05) is 0 Å². The minimum absolute atomic E-state index is 0.381. The van der Waals surface area contributed by atoms with Crippen molar-refractivity contribution in [1.82, 2.24) is 9.97 Å². The third-order valence-corrected chi connectivity index (χ3v) is 4.68. The summed E-state index contributed by atoms with van der Waals surface area (Å²) in [4.78, 5) is 9.31. The predicted octanol–water partition coefficient (Wildman–Crippen LogP) is 5.25. The number of halogens is 1. The second-order valence-corrected chi connectivity index (χ2v) is 7.32. The summed E-state index contributed by atoms with van der Waals surface area (Å²) in [6, 6.07) is 0. The smallest absolute Gasteiger partial charge is 0.136 e. The molecule has 1 saturated carbocycles. The second-order valence-electron chi connectivity index (χ2n) is 6.96. The lowest BCUT2D eigenvalue weighted by atomic mass is 9.73. The van der Waals surface area contributed by atoms with Gasteiger partial charge in [0.25, 0.3) is 0 Å². The first-order valence-corrected chi connectivity index (χ1v) is 7.72. The number of rotatable bonds is 2. The summed E-state index contributed by atoms with van der Waals surface area (Å²) < 4.78 is 0. The first kappa shape index (κ1) is 14.8. The van der Waals surface area contributed by atoms with Gasteiger partial charge in [-0.2, -0.15) is 0 Å². The lowest BCUT2D eigenvalue weighted by molar-refractivity contribution is 0.220. The predicted molar refractivity (Wildman–Crippen MR) is 80.9 cm³/mol. The number of aromatic nitrogens is 2. The summed E-state index contributed by atoms with van der Waals surface area (Å²) in [6.07, 6.45) is 4.88. The average molecular weight is 281 g/mol. The van der Waals surface area contributed by atoms with Crippen molar-refractivity contribution >= 4 is 11.6 Å². The molecule has 1 fully saturated rings. The number of aryl methyl sites for hydroxylation is 1. The van der Waals surface area contributed by atoms with Crippen molar-refractivity contribution in [3.8, 4) is 0 Å². The van der Waals surface area contributed by atoms with Crippen LogP contribution in [0.2, 0.25) is 5.15 Å². The molecule has 0 saturated heterocycles. The quantitative estimate of drug-likeness (QED) is 0.692. The summed E-state index contributed by atoms with van der Waals surface area (Å²) in [5.41, 5.74) is 2.63. The molecule has 3 heteroatoms. The van der Waals surface area contributed by atoms with E-state index in [1.54, 1.807) is 0 Å². The molecule has 0 aliphatic heterocycles. The van der Waals surface area contributed by atoms with E-state index in [1.165, 1.54) is 25.7 Å². The Labute approximate surface area is 122 Å². The minimum Gasteiger partial charge on any atom is -0.238 e. The van der Waals surface area contributed by atoms with Crippen LogP contribution in [0.1, 0.15) is 82.3 Å². The van der Waals surface area contributed by atoms with Gasteiger partial charge in [-0.3, -0.25) is 0 Å². The van der Waals surface area contributed by atoms with Crippen molar-refractivity contribution in [3.63, 3.8) is 0 Å². The van der Waals surface area contributed by atoms with Gasteiger partial charge in [0.05, 0.1) is 0 Å². The zero-order valence-corrected chi connectivity index (χ0v) is 13.5. The molecule has 0 radical (unpaired) electrons. The van der Waals surface area contributed by atoms with Crippen LogP contribution in [-0.4, -0.2) is 9.97 Å². The van der Waals surface area contributed by atoms with Gasteiger partial charge in [0.15, 0.2) is 0 Å². The standard InChI is InChI=1S/C16H25ClN2/c1-10(2)13-11(3)18-15(19-14(13)17)12-6-8-16(4,5)9-7-12/h10,12H,6-9H2,1-5H3. The van der Waals surface area contributed by atoms with Crippen LogP contribution >= 0.6 is 11.6 Å². The molecule has 0 unspecified atom stereocenters. The van der Waals surface area contributed by atoms with Crippen LogP contribution in [0.25, 0.3) is 0 Å². The second kappa shape index (κ2) is 5.40. The van der Waals surface area contributed by atoms with Crippen LogP contribution in [0, 0.1) is 12.3 Å². The van der Waals surface area contributed by atoms with Gasteiger partial charge in [0.2, 0.25) is 0 Å². The van der Waals surface area contributed by atoms with Gasteiger partial charge in [-0.05, 0) is 43.9 Å². The maximum Gasteiger partial charge on any atom is 0.136 e. The van der Waals surface area contributed by atoms with Crippen LogP contribution in [0.5, 0.6) is 0 Å². The maximum atomic E-state index is 6.35. The van der Waals surface area contributed by atoms with E-state index in [0.29, 0.717) is 22.4 Å². The Hall–Kier alpha value is -0.630. The molecule has 106 valence electrons. The zero-order valence-electron chi connectivity index (χ0n) is 12.8. The molecule has 0 spiro atoms. The zero-order chi connectivity index (χ0) is 14.2. The van der Waals surface area contributed by atoms with Crippen LogP contribution in [0.4, 0.5) is 0 Å². The molecule has 0 bridgehead atoms. The largest absolute Gasteiger partial charge is 0.238 e. The van der Waals surface area contributed by atoms with Crippen LogP contribution < -0.4 is 0 Å². The molecule has 2 rings (SSSR count). The monoisotopic (exact) mass is 280 g/mol. The van der Waals surface area contributed by atoms with E-state index in [0.717, 1.165) is 17.1 Å². The highest BCUT2D eigenvalue weighted by atomic mass is 35.5. The van der Waals surface area contributed by atoms with E-state index in [-0.39, 0.29) is 0 Å². The van der Waals surface area contributed by atoms with Crippen molar-refractivity contribution in [2.75, 3.05) is 0 Å². The van der Waals surface area contributed by atoms with Crippen LogP contribution in [0.3, 0.4) is 0 Å². The van der Waals surface area contributed by atoms with Gasteiger partial charge >= 0.3 is 0 Å². The summed E-state index contributed by atoms with van der Waals surface area (Å²) in [5.74, 6) is 1.83. The normalized spacial score (nSPS) is 19.9. The highest BCUT2D eigenvalue weighted by Crippen LogP contribution is 2.42. The lowest BCUT2D eigenvalue weighted by Gasteiger charge is -2.33. The van der Waals surface area contributed by atoms with E-state index >= 15 is 0 Å². The third-order valence-electron chi connectivity index (χ3n) is 4.39. The number of hydrogen-bond acceptors (Lipinski definition) is 2. The molecule has 0 aromatic carbocycles. The maximum absolute atomic E-state index is 6.35. The fourth-order valence-electron chi connectivity index (χ4n) is 3.06. The molecule has 1 aromatic heterocycles. The highest BCUT2D eigenvalue weighted by Gasteiger charge is 2.29. The van der Waals surface area contributed by atoms with Gasteiger partial charge in [-0.15, -0.1) is 0 Å².